The molecule has 2 nitrogen and oxygen atoms in total. The second kappa shape index (κ2) is 13.4. The first-order valence-corrected chi connectivity index (χ1v) is 22.9. The highest BCUT2D eigenvalue weighted by Gasteiger charge is 2.65. The van der Waals surface area contributed by atoms with Crippen LogP contribution in [-0.2, 0) is 5.41 Å². The Morgan fingerprint density at radius 2 is 1.13 bits per heavy atom. The van der Waals surface area contributed by atoms with Gasteiger partial charge in [-0.25, -0.2) is 0 Å². The quantitative estimate of drug-likeness (QED) is 0.166. The van der Waals surface area contributed by atoms with Crippen LogP contribution < -0.4 is 4.90 Å². The molecule has 15 rings (SSSR count). The summed E-state index contributed by atoms with van der Waals surface area (Å²) in [6.45, 7) is 0. The molecule has 4 bridgehead atoms. The van der Waals surface area contributed by atoms with Crippen molar-refractivity contribution in [1.82, 2.24) is 0 Å². The van der Waals surface area contributed by atoms with Crippen molar-refractivity contribution in [3.8, 4) is 44.5 Å². The lowest BCUT2D eigenvalue weighted by molar-refractivity contribution is 0.191. The number of furan rings is 1. The minimum atomic E-state index is 0.160. The number of hydrogen-bond acceptors (Lipinski definition) is 2. The smallest absolute Gasteiger partial charge is 0.159 e. The molecule has 1 heterocycles. The van der Waals surface area contributed by atoms with Crippen LogP contribution in [0, 0.1) is 23.7 Å². The maximum atomic E-state index is 6.81. The lowest BCUT2D eigenvalue weighted by Crippen LogP contribution is -2.40. The molecule has 5 atom stereocenters. The Hall–Kier alpha value is -7.16. The standard InChI is InChI=1S/C61H45NO/c1-2-13-40(14-3-1)46-20-10-15-41-16-11-21-51(59(41)46)49-18-5-8-24-56(49)62(57-25-12-22-52-50-19-6-9-26-58(50)63-60(52)57)45-30-27-39(28-31-45)42-29-32-48-47-17-4-7-23-53(47)61(55(48)37-42)44-34-38-33-43(36-44)54(61)35-38/h1-32,37-38,43-44,54H,33-36H2. The first-order chi connectivity index (χ1) is 31.2. The van der Waals surface area contributed by atoms with E-state index < -0.39 is 0 Å². The van der Waals surface area contributed by atoms with Crippen LogP contribution in [0.25, 0.3) is 77.2 Å². The molecule has 2 heteroatoms. The number of anilines is 3. The molecular formula is C61H45NO. The molecule has 0 N–H and O–H groups in total. The van der Waals surface area contributed by atoms with E-state index in [1.54, 1.807) is 11.1 Å². The highest BCUT2D eigenvalue weighted by atomic mass is 16.3. The lowest BCUT2D eigenvalue weighted by Gasteiger charge is -2.44. The number of hydrogen-bond donors (Lipinski definition) is 0. The summed E-state index contributed by atoms with van der Waals surface area (Å²) in [7, 11) is 0. The fourth-order valence-electron chi connectivity index (χ4n) is 13.6. The van der Waals surface area contributed by atoms with Gasteiger partial charge in [-0.2, -0.15) is 0 Å². The summed E-state index contributed by atoms with van der Waals surface area (Å²) in [6, 6.07) is 74.2. The van der Waals surface area contributed by atoms with Gasteiger partial charge in [0, 0.05) is 27.4 Å². The minimum absolute atomic E-state index is 0.160. The molecule has 9 aromatic carbocycles. The van der Waals surface area contributed by atoms with E-state index in [0.29, 0.717) is 0 Å². The molecule has 0 saturated heterocycles. The fraction of sp³-hybridized carbons (Fsp3) is 0.148. The Morgan fingerprint density at radius 3 is 2.00 bits per heavy atom. The molecule has 5 unspecified atom stereocenters. The first kappa shape index (κ1) is 35.4. The molecular weight excluding hydrogens is 763 g/mol. The van der Waals surface area contributed by atoms with Crippen molar-refractivity contribution in [2.24, 2.45) is 23.7 Å². The Bertz CT molecular complexity index is 3440. The van der Waals surface area contributed by atoms with Gasteiger partial charge in [-0.15, -0.1) is 0 Å². The number of rotatable bonds is 6. The van der Waals surface area contributed by atoms with Crippen LogP contribution in [-0.4, -0.2) is 0 Å². The molecule has 5 aliphatic carbocycles. The van der Waals surface area contributed by atoms with Crippen LogP contribution in [0.2, 0.25) is 0 Å². The predicted octanol–water partition coefficient (Wildman–Crippen LogP) is 16.5. The van der Waals surface area contributed by atoms with E-state index >= 15 is 0 Å². The van der Waals surface area contributed by atoms with Crippen LogP contribution in [0.1, 0.15) is 36.8 Å². The second-order valence-corrected chi connectivity index (χ2v) is 18.8. The van der Waals surface area contributed by atoms with Crippen LogP contribution in [0.15, 0.2) is 205 Å². The topological polar surface area (TPSA) is 16.4 Å². The van der Waals surface area contributed by atoms with Gasteiger partial charge in [0.05, 0.1) is 11.4 Å². The Labute approximate surface area is 368 Å². The van der Waals surface area contributed by atoms with E-state index in [2.05, 4.69) is 205 Å². The Kier molecular flexibility index (Phi) is 7.55. The molecule has 0 aliphatic heterocycles. The molecule has 10 aromatic rings. The zero-order valence-corrected chi connectivity index (χ0v) is 35.0. The number of nitrogens with zero attached hydrogens (tertiary/aromatic N) is 1. The zero-order chi connectivity index (χ0) is 41.2. The van der Waals surface area contributed by atoms with Crippen LogP contribution in [0.3, 0.4) is 0 Å². The molecule has 4 fully saturated rings. The Morgan fingerprint density at radius 1 is 0.444 bits per heavy atom. The van der Waals surface area contributed by atoms with Gasteiger partial charge in [-0.3, -0.25) is 0 Å². The predicted molar refractivity (Wildman–Crippen MR) is 261 cm³/mol. The van der Waals surface area contributed by atoms with E-state index in [4.69, 9.17) is 4.42 Å². The van der Waals surface area contributed by atoms with Crippen molar-refractivity contribution in [3.63, 3.8) is 0 Å². The van der Waals surface area contributed by atoms with Gasteiger partial charge in [0.25, 0.3) is 0 Å². The highest BCUT2D eigenvalue weighted by molar-refractivity contribution is 6.12. The molecule has 63 heavy (non-hydrogen) atoms. The van der Waals surface area contributed by atoms with Gasteiger partial charge in [-0.05, 0) is 147 Å². The van der Waals surface area contributed by atoms with Crippen LogP contribution >= 0.6 is 0 Å². The lowest BCUT2D eigenvalue weighted by atomic mass is 9.59. The molecule has 1 spiro atoms. The Balaban J connectivity index is 0.945. The molecule has 1 aromatic heterocycles. The van der Waals surface area contributed by atoms with Crippen molar-refractivity contribution in [1.29, 1.82) is 0 Å². The van der Waals surface area contributed by atoms with Crippen molar-refractivity contribution < 1.29 is 4.42 Å². The first-order valence-electron chi connectivity index (χ1n) is 22.9. The summed E-state index contributed by atoms with van der Waals surface area (Å²) >= 11 is 0. The van der Waals surface area contributed by atoms with E-state index in [-0.39, 0.29) is 5.41 Å². The third kappa shape index (κ3) is 5.01. The summed E-state index contributed by atoms with van der Waals surface area (Å²) in [6.07, 6.45) is 5.63. The zero-order valence-electron chi connectivity index (χ0n) is 35.0. The van der Waals surface area contributed by atoms with Crippen LogP contribution in [0.4, 0.5) is 17.1 Å². The maximum absolute atomic E-state index is 6.81. The summed E-state index contributed by atoms with van der Waals surface area (Å²) in [5.41, 5.74) is 18.6. The summed E-state index contributed by atoms with van der Waals surface area (Å²) in [4.78, 5) is 2.42. The van der Waals surface area contributed by atoms with E-state index in [0.717, 1.165) is 68.2 Å². The molecule has 0 amide bonds. The molecule has 5 aliphatic rings. The maximum Gasteiger partial charge on any atom is 0.159 e. The monoisotopic (exact) mass is 807 g/mol. The number of fused-ring (bicyclic) bond motifs is 7. The highest BCUT2D eigenvalue weighted by Crippen LogP contribution is 2.73. The third-order valence-corrected chi connectivity index (χ3v) is 15.9. The van der Waals surface area contributed by atoms with Crippen molar-refractivity contribution in [2.45, 2.75) is 31.1 Å². The van der Waals surface area contributed by atoms with Crippen molar-refractivity contribution in [2.75, 3.05) is 4.90 Å². The molecule has 4 saturated carbocycles. The summed E-state index contributed by atoms with van der Waals surface area (Å²) in [5, 5.41) is 4.70. The molecule has 0 radical (unpaired) electrons. The summed E-state index contributed by atoms with van der Waals surface area (Å²) < 4.78 is 6.81. The van der Waals surface area contributed by atoms with Crippen LogP contribution in [0.5, 0.6) is 0 Å². The van der Waals surface area contributed by atoms with Gasteiger partial charge >= 0.3 is 0 Å². The van der Waals surface area contributed by atoms with Gasteiger partial charge in [0.2, 0.25) is 0 Å². The van der Waals surface area contributed by atoms with Gasteiger partial charge in [-0.1, -0.05) is 164 Å². The normalized spacial score (nSPS) is 21.5. The van der Waals surface area contributed by atoms with Gasteiger partial charge < -0.3 is 9.32 Å². The van der Waals surface area contributed by atoms with Gasteiger partial charge in [0.1, 0.15) is 5.58 Å². The fourth-order valence-corrected chi connectivity index (χ4v) is 13.6. The minimum Gasteiger partial charge on any atom is -0.454 e. The average molecular weight is 808 g/mol. The average Bonchev–Trinajstić information content (AvgIpc) is 4.03. The van der Waals surface area contributed by atoms with Gasteiger partial charge in [0.15, 0.2) is 5.58 Å². The third-order valence-electron chi connectivity index (χ3n) is 15.9. The summed E-state index contributed by atoms with van der Waals surface area (Å²) in [5.74, 6) is 3.32. The van der Waals surface area contributed by atoms with E-state index in [1.165, 1.54) is 75.4 Å². The number of benzene rings is 9. The van der Waals surface area contributed by atoms with Crippen molar-refractivity contribution in [3.05, 3.63) is 211 Å². The van der Waals surface area contributed by atoms with E-state index in [1.807, 2.05) is 0 Å². The SMILES string of the molecule is c1ccc(-c2cccc3cccc(-c4ccccc4N(c4ccc(-c5ccc6c(c5)C5(c7ccccc7-6)C6CC7CC(C6)C5C7)cc4)c4cccc5c4oc4ccccc45)c23)cc1. The van der Waals surface area contributed by atoms with E-state index in [9.17, 15) is 0 Å². The number of para-hydroxylation sites is 3. The second-order valence-electron chi connectivity index (χ2n) is 18.8. The largest absolute Gasteiger partial charge is 0.454 e. The molecule has 300 valence electrons. The van der Waals surface area contributed by atoms with Crippen molar-refractivity contribution >= 4 is 49.8 Å².